The Kier molecular flexibility index (Phi) is 6.69. The number of hydrogen-bond donors (Lipinski definition) is 1. The maximum Gasteiger partial charge on any atom is 0.0587 e. The zero-order valence-corrected chi connectivity index (χ0v) is 11.3. The minimum atomic E-state index is 0.718. The largest absolute Gasteiger partial charge is 0.383 e. The predicted octanol–water partition coefficient (Wildman–Crippen LogP) is 2.80. The smallest absolute Gasteiger partial charge is 0.0587 e. The summed E-state index contributed by atoms with van der Waals surface area (Å²) in [7, 11) is 1.74. The predicted molar refractivity (Wildman–Crippen MR) is 71.1 cm³/mol. The molecule has 16 heavy (non-hydrogen) atoms. The summed E-state index contributed by atoms with van der Waals surface area (Å²) in [5.41, 5.74) is 0. The first-order valence-corrected chi connectivity index (χ1v) is 6.84. The molecule has 0 aliphatic carbocycles. The van der Waals surface area contributed by atoms with Crippen molar-refractivity contribution in [2.75, 3.05) is 26.8 Å². The van der Waals surface area contributed by atoms with E-state index < -0.39 is 0 Å². The molecule has 0 amide bonds. The van der Waals surface area contributed by atoms with E-state index in [1.807, 2.05) is 11.3 Å². The van der Waals surface area contributed by atoms with Crippen molar-refractivity contribution in [1.29, 1.82) is 0 Å². The van der Waals surface area contributed by atoms with Crippen LogP contribution >= 0.6 is 11.3 Å². The van der Waals surface area contributed by atoms with E-state index in [1.165, 1.54) is 11.3 Å². The lowest BCUT2D eigenvalue weighted by Gasteiger charge is -2.20. The molecule has 0 fully saturated rings. The highest BCUT2D eigenvalue weighted by Gasteiger charge is 2.14. The third-order valence-corrected chi connectivity index (χ3v) is 3.77. The number of methoxy groups -OCH3 is 1. The van der Waals surface area contributed by atoms with Gasteiger partial charge in [0.05, 0.1) is 6.61 Å². The van der Waals surface area contributed by atoms with E-state index in [9.17, 15) is 0 Å². The standard InChI is InChI=1S/C13H23NOS/c1-11(2)12(10-14-6-7-15-3)9-13-5-4-8-16-13/h4-5,8,11-12,14H,6-7,9-10H2,1-3H3. The molecule has 0 spiro atoms. The van der Waals surface area contributed by atoms with Crippen LogP contribution in [0.3, 0.4) is 0 Å². The summed E-state index contributed by atoms with van der Waals surface area (Å²) in [6.45, 7) is 7.43. The normalized spacial score (nSPS) is 13.2. The second kappa shape index (κ2) is 7.82. The van der Waals surface area contributed by atoms with Crippen LogP contribution < -0.4 is 5.32 Å². The molecule has 3 heteroatoms. The van der Waals surface area contributed by atoms with Gasteiger partial charge < -0.3 is 10.1 Å². The van der Waals surface area contributed by atoms with E-state index >= 15 is 0 Å². The first-order chi connectivity index (χ1) is 7.74. The van der Waals surface area contributed by atoms with Crippen LogP contribution in [-0.2, 0) is 11.2 Å². The Morgan fingerprint density at radius 3 is 2.81 bits per heavy atom. The third-order valence-electron chi connectivity index (χ3n) is 2.88. The summed E-state index contributed by atoms with van der Waals surface area (Å²) in [6, 6.07) is 4.37. The molecule has 0 saturated heterocycles. The van der Waals surface area contributed by atoms with E-state index in [4.69, 9.17) is 4.74 Å². The van der Waals surface area contributed by atoms with Gasteiger partial charge in [0.25, 0.3) is 0 Å². The van der Waals surface area contributed by atoms with Gasteiger partial charge in [0.2, 0.25) is 0 Å². The highest BCUT2D eigenvalue weighted by molar-refractivity contribution is 7.09. The van der Waals surface area contributed by atoms with E-state index in [-0.39, 0.29) is 0 Å². The molecular formula is C13H23NOS. The summed E-state index contributed by atoms with van der Waals surface area (Å²) < 4.78 is 5.03. The van der Waals surface area contributed by atoms with Gasteiger partial charge in [0.15, 0.2) is 0 Å². The molecule has 0 saturated carbocycles. The van der Waals surface area contributed by atoms with Gasteiger partial charge in [-0.2, -0.15) is 0 Å². The molecule has 1 unspecified atom stereocenters. The molecule has 92 valence electrons. The lowest BCUT2D eigenvalue weighted by molar-refractivity contribution is 0.196. The first-order valence-electron chi connectivity index (χ1n) is 5.96. The fourth-order valence-electron chi connectivity index (χ4n) is 1.69. The second-order valence-electron chi connectivity index (χ2n) is 4.48. The van der Waals surface area contributed by atoms with Crippen LogP contribution in [-0.4, -0.2) is 26.8 Å². The van der Waals surface area contributed by atoms with Crippen LogP contribution in [0.4, 0.5) is 0 Å². The van der Waals surface area contributed by atoms with Gasteiger partial charge in [-0.15, -0.1) is 11.3 Å². The summed E-state index contributed by atoms with van der Waals surface area (Å²) in [5, 5.41) is 5.62. The number of thiophene rings is 1. The summed E-state index contributed by atoms with van der Waals surface area (Å²) in [6.07, 6.45) is 1.19. The maximum absolute atomic E-state index is 5.03. The summed E-state index contributed by atoms with van der Waals surface area (Å²) in [4.78, 5) is 1.49. The average molecular weight is 241 g/mol. The van der Waals surface area contributed by atoms with Gasteiger partial charge >= 0.3 is 0 Å². The third kappa shape index (κ3) is 5.10. The molecule has 1 heterocycles. The lowest BCUT2D eigenvalue weighted by Crippen LogP contribution is -2.29. The van der Waals surface area contributed by atoms with Crippen molar-refractivity contribution in [3.8, 4) is 0 Å². The van der Waals surface area contributed by atoms with Gasteiger partial charge in [-0.05, 0) is 36.2 Å². The van der Waals surface area contributed by atoms with Crippen LogP contribution in [0.25, 0.3) is 0 Å². The molecule has 1 N–H and O–H groups in total. The molecule has 1 rings (SSSR count). The molecule has 0 aliphatic heterocycles. The average Bonchev–Trinajstić information content (AvgIpc) is 2.75. The topological polar surface area (TPSA) is 21.3 Å². The number of ether oxygens (including phenoxy) is 1. The van der Waals surface area contributed by atoms with Crippen LogP contribution in [0.15, 0.2) is 17.5 Å². The fraction of sp³-hybridized carbons (Fsp3) is 0.692. The summed E-state index contributed by atoms with van der Waals surface area (Å²) in [5.74, 6) is 1.44. The Labute approximate surface area is 103 Å². The number of hydrogen-bond acceptors (Lipinski definition) is 3. The molecule has 0 radical (unpaired) electrons. The molecule has 0 aliphatic rings. The van der Waals surface area contributed by atoms with E-state index in [0.717, 1.165) is 31.5 Å². The zero-order chi connectivity index (χ0) is 11.8. The minimum absolute atomic E-state index is 0.718. The molecule has 0 bridgehead atoms. The molecular weight excluding hydrogens is 218 g/mol. The Morgan fingerprint density at radius 1 is 1.44 bits per heavy atom. The van der Waals surface area contributed by atoms with Crippen LogP contribution in [0.5, 0.6) is 0 Å². The quantitative estimate of drug-likeness (QED) is 0.707. The van der Waals surface area contributed by atoms with Crippen molar-refractivity contribution in [2.24, 2.45) is 11.8 Å². The van der Waals surface area contributed by atoms with Gasteiger partial charge in [0, 0.05) is 18.5 Å². The highest BCUT2D eigenvalue weighted by atomic mass is 32.1. The van der Waals surface area contributed by atoms with Crippen molar-refractivity contribution < 1.29 is 4.74 Å². The molecule has 1 atom stereocenters. The fourth-order valence-corrected chi connectivity index (χ4v) is 2.49. The SMILES string of the molecule is COCCNCC(Cc1cccs1)C(C)C. The van der Waals surface area contributed by atoms with Gasteiger partial charge in [-0.1, -0.05) is 19.9 Å². The number of rotatable bonds is 8. The van der Waals surface area contributed by atoms with Crippen molar-refractivity contribution in [3.63, 3.8) is 0 Å². The van der Waals surface area contributed by atoms with Crippen LogP contribution in [0, 0.1) is 11.8 Å². The van der Waals surface area contributed by atoms with Crippen molar-refractivity contribution in [2.45, 2.75) is 20.3 Å². The zero-order valence-electron chi connectivity index (χ0n) is 10.5. The van der Waals surface area contributed by atoms with Crippen molar-refractivity contribution in [1.82, 2.24) is 5.32 Å². The lowest BCUT2D eigenvalue weighted by atomic mass is 9.92. The van der Waals surface area contributed by atoms with Crippen molar-refractivity contribution in [3.05, 3.63) is 22.4 Å². The first kappa shape index (κ1) is 13.7. The molecule has 1 aromatic heterocycles. The number of nitrogens with one attached hydrogen (secondary N) is 1. The highest BCUT2D eigenvalue weighted by Crippen LogP contribution is 2.19. The molecule has 2 nitrogen and oxygen atoms in total. The van der Waals surface area contributed by atoms with Crippen LogP contribution in [0.2, 0.25) is 0 Å². The van der Waals surface area contributed by atoms with E-state index in [2.05, 4.69) is 36.7 Å². The van der Waals surface area contributed by atoms with Crippen LogP contribution in [0.1, 0.15) is 18.7 Å². The van der Waals surface area contributed by atoms with Crippen molar-refractivity contribution >= 4 is 11.3 Å². The minimum Gasteiger partial charge on any atom is -0.383 e. The molecule has 1 aromatic rings. The monoisotopic (exact) mass is 241 g/mol. The van der Waals surface area contributed by atoms with E-state index in [0.29, 0.717) is 0 Å². The molecule has 0 aromatic carbocycles. The second-order valence-corrected chi connectivity index (χ2v) is 5.52. The van der Waals surface area contributed by atoms with Gasteiger partial charge in [-0.25, -0.2) is 0 Å². The Balaban J connectivity index is 2.30. The Hall–Kier alpha value is -0.380. The van der Waals surface area contributed by atoms with Gasteiger partial charge in [0.1, 0.15) is 0 Å². The maximum atomic E-state index is 5.03. The summed E-state index contributed by atoms with van der Waals surface area (Å²) >= 11 is 1.86. The Morgan fingerprint density at radius 2 is 2.25 bits per heavy atom. The Bertz CT molecular complexity index is 259. The van der Waals surface area contributed by atoms with E-state index in [1.54, 1.807) is 7.11 Å². The van der Waals surface area contributed by atoms with Gasteiger partial charge in [-0.3, -0.25) is 0 Å².